The van der Waals surface area contributed by atoms with Gasteiger partial charge in [-0.1, -0.05) is 36.4 Å². The lowest BCUT2D eigenvalue weighted by Crippen LogP contribution is -2.72. The molecule has 11 heteroatoms. The molecule has 3 saturated heterocycles. The molecule has 52 heavy (non-hydrogen) atoms. The first-order valence-electron chi connectivity index (χ1n) is 18.3. The van der Waals surface area contributed by atoms with E-state index in [1.165, 1.54) is 5.56 Å². The van der Waals surface area contributed by atoms with Gasteiger partial charge in [0.25, 0.3) is 0 Å². The monoisotopic (exact) mass is 701 g/mol. The number of carbonyl (C=O) groups is 2. The number of carbonyl (C=O) groups excluding carboxylic acids is 2. The van der Waals surface area contributed by atoms with Gasteiger partial charge in [-0.2, -0.15) is 0 Å². The first kappa shape index (κ1) is 34.2. The number of pyridine rings is 1. The Morgan fingerprint density at radius 2 is 1.56 bits per heavy atom. The lowest BCUT2D eigenvalue weighted by molar-refractivity contribution is -0.157. The molecule has 2 amide bonds. The van der Waals surface area contributed by atoms with Gasteiger partial charge in [0, 0.05) is 86.8 Å². The van der Waals surface area contributed by atoms with Crippen LogP contribution < -0.4 is 20.1 Å². The average Bonchev–Trinajstić information content (AvgIpc) is 3.73. The van der Waals surface area contributed by atoms with Crippen LogP contribution in [0, 0.1) is 19.3 Å². The number of aryl methyl sites for hydroxylation is 1. The highest BCUT2D eigenvalue weighted by molar-refractivity contribution is 5.83. The van der Waals surface area contributed by atoms with Crippen molar-refractivity contribution < 1.29 is 19.1 Å². The summed E-state index contributed by atoms with van der Waals surface area (Å²) in [5.41, 5.74) is 11.7. The van der Waals surface area contributed by atoms with Crippen molar-refractivity contribution in [2.24, 2.45) is 5.41 Å². The van der Waals surface area contributed by atoms with Crippen LogP contribution in [-0.2, 0) is 22.6 Å². The second kappa shape index (κ2) is 13.6. The molecule has 0 radical (unpaired) electrons. The molecule has 5 heterocycles. The van der Waals surface area contributed by atoms with Crippen LogP contribution in [0.5, 0.6) is 11.8 Å². The van der Waals surface area contributed by atoms with Crippen LogP contribution in [0.15, 0.2) is 48.7 Å². The van der Waals surface area contributed by atoms with Gasteiger partial charge in [-0.15, -0.1) is 0 Å². The van der Waals surface area contributed by atoms with Gasteiger partial charge in [-0.05, 0) is 67.0 Å². The van der Waals surface area contributed by atoms with E-state index in [1.54, 1.807) is 21.1 Å². The van der Waals surface area contributed by atoms with Crippen LogP contribution in [-0.4, -0.2) is 89.6 Å². The molecule has 0 unspecified atom stereocenters. The van der Waals surface area contributed by atoms with Gasteiger partial charge in [-0.25, -0.2) is 9.97 Å². The molecule has 11 nitrogen and oxygen atoms in total. The van der Waals surface area contributed by atoms with E-state index in [0.717, 1.165) is 108 Å². The molecule has 2 aromatic heterocycles. The number of fused-ring (bicyclic) bond motifs is 1. The topological polar surface area (TPSA) is 122 Å². The van der Waals surface area contributed by atoms with Gasteiger partial charge in [0.1, 0.15) is 5.69 Å². The average molecular weight is 702 g/mol. The smallest absolute Gasteiger partial charge is 0.237 e. The molecule has 0 saturated carbocycles. The number of hydrogen-bond acceptors (Lipinski definition) is 9. The van der Waals surface area contributed by atoms with Crippen molar-refractivity contribution in [1.82, 2.24) is 35.4 Å². The molecule has 3 fully saturated rings. The molecular weight excluding hydrogens is 654 g/mol. The minimum atomic E-state index is 0.135. The molecule has 2 aromatic carbocycles. The first-order valence-corrected chi connectivity index (χ1v) is 18.3. The second-order valence-electron chi connectivity index (χ2n) is 15.1. The summed E-state index contributed by atoms with van der Waals surface area (Å²) in [4.78, 5) is 42.5. The summed E-state index contributed by atoms with van der Waals surface area (Å²) in [6, 6.07) is 15.3. The predicted molar refractivity (Wildman–Crippen MR) is 199 cm³/mol. The molecule has 8 rings (SSSR count). The standard InChI is InChI=1S/C41H47N7O4/c1-24-29(8-6-10-31(24)34-16-27-12-14-33(38(27)40(45-34)52-5)42-17-28-13-15-37(50)44-28)30-9-7-11-32(25(30)2)35-18-43-36(39(46-35)51-4)19-47-20-41(21-47)22-48(23-41)26(3)49/h6-11,16,18,28,33,42H,12-15,17,19-23H2,1-5H3,(H,44,50)/t28-,33-/m0/s1. The third kappa shape index (κ3) is 6.19. The molecule has 2 N–H and O–H groups in total. The third-order valence-electron chi connectivity index (χ3n) is 11.6. The number of nitrogens with zero attached hydrogens (tertiary/aromatic N) is 5. The Labute approximate surface area is 305 Å². The molecule has 4 aliphatic rings. The maximum absolute atomic E-state index is 11.7. The van der Waals surface area contributed by atoms with Crippen molar-refractivity contribution in [2.45, 2.75) is 65.1 Å². The molecule has 1 aliphatic carbocycles. The van der Waals surface area contributed by atoms with E-state index in [1.807, 2.05) is 11.1 Å². The van der Waals surface area contributed by atoms with E-state index < -0.39 is 0 Å². The molecule has 0 bridgehead atoms. The molecule has 4 aromatic rings. The Morgan fingerprint density at radius 3 is 2.19 bits per heavy atom. The summed E-state index contributed by atoms with van der Waals surface area (Å²) < 4.78 is 11.7. The van der Waals surface area contributed by atoms with E-state index in [9.17, 15) is 9.59 Å². The fraction of sp³-hybridized carbons (Fsp3) is 0.439. The van der Waals surface area contributed by atoms with Gasteiger partial charge >= 0.3 is 0 Å². The number of likely N-dealkylation sites (tertiary alicyclic amines) is 2. The highest BCUT2D eigenvalue weighted by atomic mass is 16.5. The van der Waals surface area contributed by atoms with E-state index in [4.69, 9.17) is 24.4 Å². The Kier molecular flexibility index (Phi) is 8.95. The second-order valence-corrected chi connectivity index (χ2v) is 15.1. The number of ether oxygens (including phenoxy) is 2. The van der Waals surface area contributed by atoms with Crippen molar-refractivity contribution in [3.63, 3.8) is 0 Å². The fourth-order valence-corrected chi connectivity index (χ4v) is 8.84. The quantitative estimate of drug-likeness (QED) is 0.235. The summed E-state index contributed by atoms with van der Waals surface area (Å²) in [7, 11) is 3.35. The zero-order chi connectivity index (χ0) is 36.1. The largest absolute Gasteiger partial charge is 0.481 e. The van der Waals surface area contributed by atoms with E-state index in [0.29, 0.717) is 24.7 Å². The number of rotatable bonds is 10. The summed E-state index contributed by atoms with van der Waals surface area (Å²) in [6.07, 6.45) is 5.24. The minimum Gasteiger partial charge on any atom is -0.481 e. The van der Waals surface area contributed by atoms with Gasteiger partial charge in [0.15, 0.2) is 0 Å². The van der Waals surface area contributed by atoms with Crippen molar-refractivity contribution in [2.75, 3.05) is 46.9 Å². The summed E-state index contributed by atoms with van der Waals surface area (Å²) in [5.74, 6) is 1.49. The van der Waals surface area contributed by atoms with Gasteiger partial charge < -0.3 is 25.0 Å². The zero-order valence-electron chi connectivity index (χ0n) is 30.7. The van der Waals surface area contributed by atoms with Crippen molar-refractivity contribution in [1.29, 1.82) is 0 Å². The lowest BCUT2D eigenvalue weighted by atomic mass is 9.73. The first-order chi connectivity index (χ1) is 25.1. The maximum Gasteiger partial charge on any atom is 0.237 e. The Morgan fingerprint density at radius 1 is 0.904 bits per heavy atom. The van der Waals surface area contributed by atoms with Crippen molar-refractivity contribution >= 4 is 11.8 Å². The normalized spacial score (nSPS) is 20.3. The molecule has 270 valence electrons. The van der Waals surface area contributed by atoms with Crippen LogP contribution >= 0.6 is 0 Å². The van der Waals surface area contributed by atoms with Gasteiger partial charge in [0.05, 0.1) is 31.8 Å². The highest BCUT2D eigenvalue weighted by Crippen LogP contribution is 2.43. The molecule has 1 spiro atoms. The van der Waals surface area contributed by atoms with Crippen LogP contribution in [0.25, 0.3) is 33.6 Å². The molecular formula is C41H47N7O4. The van der Waals surface area contributed by atoms with Gasteiger partial charge in [-0.3, -0.25) is 19.5 Å². The SMILES string of the molecule is COc1nc(-c2cccc(-c3cccc(-c4cc5c(c(OC)n4)[C@@H](NC[C@@H]4CCC(=O)N4)CC5)c3C)c2C)cnc1CN1CC2(C1)CN(C(C)=O)C2. The lowest BCUT2D eigenvalue weighted by Gasteiger charge is -2.60. The molecule has 2 atom stereocenters. The Balaban J connectivity index is 1.02. The highest BCUT2D eigenvalue weighted by Gasteiger charge is 2.52. The van der Waals surface area contributed by atoms with Gasteiger partial charge in [0.2, 0.25) is 23.6 Å². The fourth-order valence-electron chi connectivity index (χ4n) is 8.84. The number of methoxy groups -OCH3 is 2. The number of amides is 2. The number of nitrogens with one attached hydrogen (secondary N) is 2. The summed E-state index contributed by atoms with van der Waals surface area (Å²) in [5, 5.41) is 6.73. The number of aromatic nitrogens is 3. The van der Waals surface area contributed by atoms with Crippen LogP contribution in [0.1, 0.15) is 60.2 Å². The maximum atomic E-state index is 11.7. The van der Waals surface area contributed by atoms with Crippen molar-refractivity contribution in [3.05, 3.63) is 76.6 Å². The van der Waals surface area contributed by atoms with E-state index in [-0.39, 0.29) is 29.3 Å². The minimum absolute atomic E-state index is 0.135. The predicted octanol–water partition coefficient (Wildman–Crippen LogP) is 5.03. The summed E-state index contributed by atoms with van der Waals surface area (Å²) in [6.45, 7) is 11.0. The van der Waals surface area contributed by atoms with Crippen LogP contribution in [0.4, 0.5) is 0 Å². The Hall–Kier alpha value is -4.87. The summed E-state index contributed by atoms with van der Waals surface area (Å²) >= 11 is 0. The number of benzene rings is 2. The van der Waals surface area contributed by atoms with Crippen molar-refractivity contribution in [3.8, 4) is 45.4 Å². The van der Waals surface area contributed by atoms with Crippen LogP contribution in [0.3, 0.4) is 0 Å². The third-order valence-corrected chi connectivity index (χ3v) is 11.6. The van der Waals surface area contributed by atoms with Crippen LogP contribution in [0.2, 0.25) is 0 Å². The van der Waals surface area contributed by atoms with E-state index >= 15 is 0 Å². The molecule has 3 aliphatic heterocycles. The Bertz CT molecular complexity index is 2050. The number of hydrogen-bond donors (Lipinski definition) is 2. The van der Waals surface area contributed by atoms with E-state index in [2.05, 4.69) is 71.8 Å². The zero-order valence-corrected chi connectivity index (χ0v) is 30.7.